The number of nitrogens with zero attached hydrogens (tertiary/aromatic N) is 2. The van der Waals surface area contributed by atoms with Crippen LogP contribution in [0.5, 0.6) is 0 Å². The van der Waals surface area contributed by atoms with Gasteiger partial charge >= 0.3 is 0 Å². The smallest absolute Gasteiger partial charge is 0.0714 e. The molecular formula is C50H34N2. The van der Waals surface area contributed by atoms with E-state index in [1.165, 1.54) is 93.8 Å². The molecule has 1 aliphatic carbocycles. The van der Waals surface area contributed by atoms with Gasteiger partial charge in [0.25, 0.3) is 0 Å². The third-order valence-electron chi connectivity index (χ3n) is 11.6. The molecule has 2 nitrogen and oxygen atoms in total. The van der Waals surface area contributed by atoms with Crippen molar-refractivity contribution in [2.75, 3.05) is 0 Å². The fourth-order valence-corrected chi connectivity index (χ4v) is 9.51. The van der Waals surface area contributed by atoms with Gasteiger partial charge in [-0.05, 0) is 81.4 Å². The number of rotatable bonds is 4. The summed E-state index contributed by atoms with van der Waals surface area (Å²) in [6.45, 7) is 0. The Kier molecular flexibility index (Phi) is 6.12. The average molecular weight is 663 g/mol. The molecule has 2 heteroatoms. The second-order valence-electron chi connectivity index (χ2n) is 14.1. The Hall–Kier alpha value is -6.64. The molecule has 10 aromatic rings. The first-order chi connectivity index (χ1) is 25.7. The van der Waals surface area contributed by atoms with Crippen LogP contribution >= 0.6 is 0 Å². The lowest BCUT2D eigenvalue weighted by atomic mass is 9.67. The van der Waals surface area contributed by atoms with Crippen LogP contribution in [-0.2, 0) is 12.5 Å². The third-order valence-corrected chi connectivity index (χ3v) is 11.6. The summed E-state index contributed by atoms with van der Waals surface area (Å²) in [5.41, 5.74) is 15.9. The number of hydrogen-bond donors (Lipinski definition) is 0. The lowest BCUT2D eigenvalue weighted by Gasteiger charge is -2.34. The van der Waals surface area contributed by atoms with Crippen LogP contribution in [0.2, 0.25) is 0 Å². The molecule has 0 radical (unpaired) electrons. The number of fused-ring (bicyclic) bond motifs is 10. The molecule has 0 bridgehead atoms. The third kappa shape index (κ3) is 3.79. The van der Waals surface area contributed by atoms with Crippen molar-refractivity contribution < 1.29 is 0 Å². The van der Waals surface area contributed by atoms with Crippen molar-refractivity contribution in [3.8, 4) is 27.9 Å². The zero-order valence-electron chi connectivity index (χ0n) is 28.8. The Morgan fingerprint density at radius 2 is 1.00 bits per heavy atom. The maximum atomic E-state index is 2.54. The van der Waals surface area contributed by atoms with Gasteiger partial charge in [-0.1, -0.05) is 146 Å². The fraction of sp³-hybridized carbons (Fsp3) is 0.0400. The van der Waals surface area contributed by atoms with Gasteiger partial charge in [0, 0.05) is 45.4 Å². The van der Waals surface area contributed by atoms with E-state index in [1.54, 1.807) is 0 Å². The molecule has 2 aromatic heterocycles. The summed E-state index contributed by atoms with van der Waals surface area (Å²) < 4.78 is 4.82. The van der Waals surface area contributed by atoms with Crippen LogP contribution in [0.15, 0.2) is 188 Å². The minimum absolute atomic E-state index is 0.498. The van der Waals surface area contributed by atoms with Gasteiger partial charge in [0.1, 0.15) is 0 Å². The largest absolute Gasteiger partial charge is 0.343 e. The lowest BCUT2D eigenvalue weighted by molar-refractivity contribution is 0.769. The van der Waals surface area contributed by atoms with E-state index in [2.05, 4.69) is 204 Å². The molecule has 52 heavy (non-hydrogen) atoms. The molecule has 0 atom stereocenters. The predicted molar refractivity (Wildman–Crippen MR) is 218 cm³/mol. The molecule has 11 rings (SSSR count). The SMILES string of the molecule is Cn1c2ccccc2c2c3c(cc(-c4ccc5c(c4)c4ccccc4n5-c4ccccc4)c21)C(c1ccccc1)(c1ccccc1)c1ccccc1-3. The van der Waals surface area contributed by atoms with Gasteiger partial charge in [0.2, 0.25) is 0 Å². The normalized spacial score (nSPS) is 13.2. The summed E-state index contributed by atoms with van der Waals surface area (Å²) in [6, 6.07) is 69.5. The molecule has 0 unspecified atom stereocenters. The van der Waals surface area contributed by atoms with Crippen LogP contribution in [0.1, 0.15) is 22.3 Å². The first kappa shape index (κ1) is 29.1. The molecule has 1 aliphatic rings. The Balaban J connectivity index is 1.31. The van der Waals surface area contributed by atoms with Gasteiger partial charge in [-0.25, -0.2) is 0 Å². The number of aromatic nitrogens is 2. The molecule has 0 saturated heterocycles. The average Bonchev–Trinajstić information content (AvgIpc) is 3.82. The molecule has 0 N–H and O–H groups in total. The second-order valence-corrected chi connectivity index (χ2v) is 14.1. The zero-order valence-corrected chi connectivity index (χ0v) is 28.8. The van der Waals surface area contributed by atoms with E-state index < -0.39 is 5.41 Å². The van der Waals surface area contributed by atoms with Crippen molar-refractivity contribution in [3.63, 3.8) is 0 Å². The second kappa shape index (κ2) is 10.9. The molecule has 244 valence electrons. The van der Waals surface area contributed by atoms with Gasteiger partial charge in [-0.3, -0.25) is 0 Å². The van der Waals surface area contributed by atoms with Gasteiger partial charge in [0.15, 0.2) is 0 Å². The molecule has 2 heterocycles. The standard InChI is InChI=1S/C50H34N2/c1-51-44-27-15-13-25-39(44)48-47-38-24-11-14-26-42(38)50(34-17-5-2-6-18-34,35-19-7-3-8-20-35)43(47)32-40(49(48)51)33-29-30-46-41(31-33)37-23-12-16-28-45(37)52(46)36-21-9-4-10-22-36/h2-32H,1H3. The first-order valence-electron chi connectivity index (χ1n) is 18.1. The van der Waals surface area contributed by atoms with Crippen molar-refractivity contribution in [1.82, 2.24) is 9.13 Å². The van der Waals surface area contributed by atoms with Crippen molar-refractivity contribution in [1.29, 1.82) is 0 Å². The van der Waals surface area contributed by atoms with Crippen LogP contribution in [-0.4, -0.2) is 9.13 Å². The van der Waals surface area contributed by atoms with E-state index >= 15 is 0 Å². The molecule has 0 aliphatic heterocycles. The highest BCUT2D eigenvalue weighted by Crippen LogP contribution is 2.60. The van der Waals surface area contributed by atoms with Gasteiger partial charge < -0.3 is 9.13 Å². The number of benzene rings is 8. The Morgan fingerprint density at radius 3 is 1.73 bits per heavy atom. The van der Waals surface area contributed by atoms with Crippen LogP contribution in [0.3, 0.4) is 0 Å². The summed E-state index contributed by atoms with van der Waals surface area (Å²) in [7, 11) is 2.24. The molecule has 0 spiro atoms. The highest BCUT2D eigenvalue weighted by molar-refractivity contribution is 6.22. The van der Waals surface area contributed by atoms with Crippen LogP contribution in [0, 0.1) is 0 Å². The zero-order chi connectivity index (χ0) is 34.4. The Bertz CT molecular complexity index is 2960. The van der Waals surface area contributed by atoms with Gasteiger partial charge in [-0.15, -0.1) is 0 Å². The molecular weight excluding hydrogens is 629 g/mol. The van der Waals surface area contributed by atoms with E-state index in [0.29, 0.717) is 0 Å². The number of hydrogen-bond acceptors (Lipinski definition) is 0. The van der Waals surface area contributed by atoms with E-state index in [1.807, 2.05) is 0 Å². The van der Waals surface area contributed by atoms with Gasteiger partial charge in [-0.2, -0.15) is 0 Å². The minimum Gasteiger partial charge on any atom is -0.343 e. The van der Waals surface area contributed by atoms with Gasteiger partial charge in [0.05, 0.1) is 22.0 Å². The van der Waals surface area contributed by atoms with E-state index in [0.717, 1.165) is 0 Å². The van der Waals surface area contributed by atoms with E-state index in [9.17, 15) is 0 Å². The molecule has 0 saturated carbocycles. The Morgan fingerprint density at radius 1 is 0.423 bits per heavy atom. The molecule has 0 amide bonds. The summed E-state index contributed by atoms with van der Waals surface area (Å²) >= 11 is 0. The summed E-state index contributed by atoms with van der Waals surface area (Å²) in [5.74, 6) is 0. The van der Waals surface area contributed by atoms with Crippen LogP contribution in [0.25, 0.3) is 71.6 Å². The monoisotopic (exact) mass is 662 g/mol. The van der Waals surface area contributed by atoms with E-state index in [-0.39, 0.29) is 0 Å². The minimum atomic E-state index is -0.498. The summed E-state index contributed by atoms with van der Waals surface area (Å²) in [4.78, 5) is 0. The fourth-order valence-electron chi connectivity index (χ4n) is 9.51. The predicted octanol–water partition coefficient (Wildman–Crippen LogP) is 12.5. The van der Waals surface area contributed by atoms with Crippen molar-refractivity contribution in [3.05, 3.63) is 210 Å². The van der Waals surface area contributed by atoms with Crippen LogP contribution in [0.4, 0.5) is 0 Å². The summed E-state index contributed by atoms with van der Waals surface area (Å²) in [5, 5.41) is 5.11. The van der Waals surface area contributed by atoms with Crippen LogP contribution < -0.4 is 0 Å². The van der Waals surface area contributed by atoms with Crippen molar-refractivity contribution in [2.45, 2.75) is 5.41 Å². The number of aryl methyl sites for hydroxylation is 1. The first-order valence-corrected chi connectivity index (χ1v) is 18.1. The highest BCUT2D eigenvalue weighted by atomic mass is 15.0. The molecule has 8 aromatic carbocycles. The topological polar surface area (TPSA) is 9.86 Å². The lowest BCUT2D eigenvalue weighted by Crippen LogP contribution is -2.28. The highest BCUT2D eigenvalue weighted by Gasteiger charge is 2.47. The van der Waals surface area contributed by atoms with Crippen molar-refractivity contribution >= 4 is 43.6 Å². The maximum Gasteiger partial charge on any atom is 0.0714 e. The quantitative estimate of drug-likeness (QED) is 0.177. The number of para-hydroxylation sites is 3. The van der Waals surface area contributed by atoms with Crippen molar-refractivity contribution in [2.24, 2.45) is 7.05 Å². The van der Waals surface area contributed by atoms with E-state index in [4.69, 9.17) is 0 Å². The molecule has 0 fully saturated rings. The Labute approximate surface area is 302 Å². The summed E-state index contributed by atoms with van der Waals surface area (Å²) in [6.07, 6.45) is 0. The maximum absolute atomic E-state index is 2.54.